The van der Waals surface area contributed by atoms with E-state index in [2.05, 4.69) is 23.4 Å². The molecule has 3 rings (SSSR count). The van der Waals surface area contributed by atoms with Gasteiger partial charge in [-0.25, -0.2) is 0 Å². The molecule has 1 aromatic heterocycles. The van der Waals surface area contributed by atoms with Gasteiger partial charge in [-0.15, -0.1) is 0 Å². The third kappa shape index (κ3) is 3.47. The summed E-state index contributed by atoms with van der Waals surface area (Å²) in [6.45, 7) is 5.54. The molecule has 2 aromatic rings. The molecule has 0 saturated carbocycles. The lowest BCUT2D eigenvalue weighted by Crippen LogP contribution is -2.40. The van der Waals surface area contributed by atoms with Gasteiger partial charge in [0.1, 0.15) is 5.82 Å². The number of carbonyl (C=O) groups is 1. The molecule has 5 nitrogen and oxygen atoms in total. The first-order valence-corrected chi connectivity index (χ1v) is 8.64. The number of carbonyl (C=O) groups excluding carboxylic acids is 1. The van der Waals surface area contributed by atoms with E-state index in [0.29, 0.717) is 5.92 Å². The van der Waals surface area contributed by atoms with Gasteiger partial charge in [0.2, 0.25) is 5.91 Å². The Hall–Kier alpha value is -1.85. The zero-order valence-corrected chi connectivity index (χ0v) is 15.0. The zero-order valence-electron chi connectivity index (χ0n) is 14.3. The highest BCUT2D eigenvalue weighted by Crippen LogP contribution is 2.23. The van der Waals surface area contributed by atoms with E-state index in [1.165, 1.54) is 5.56 Å². The van der Waals surface area contributed by atoms with Gasteiger partial charge in [-0.3, -0.25) is 14.4 Å². The summed E-state index contributed by atoms with van der Waals surface area (Å²) in [7, 11) is 1.87. The summed E-state index contributed by atoms with van der Waals surface area (Å²) in [5.74, 6) is 1.28. The number of nitrogens with one attached hydrogen (secondary N) is 1. The van der Waals surface area contributed by atoms with E-state index < -0.39 is 0 Å². The van der Waals surface area contributed by atoms with Gasteiger partial charge in [0.25, 0.3) is 0 Å². The smallest absolute Gasteiger partial charge is 0.245 e. The molecule has 0 radical (unpaired) electrons. The lowest BCUT2D eigenvalue weighted by Gasteiger charge is -2.19. The van der Waals surface area contributed by atoms with Gasteiger partial charge in [-0.1, -0.05) is 30.7 Å². The number of benzene rings is 1. The first kappa shape index (κ1) is 17.0. The molecule has 6 heteroatoms. The third-order valence-corrected chi connectivity index (χ3v) is 4.78. The van der Waals surface area contributed by atoms with Crippen LogP contribution >= 0.6 is 11.6 Å². The first-order chi connectivity index (χ1) is 11.5. The molecule has 0 bridgehead atoms. The van der Waals surface area contributed by atoms with Gasteiger partial charge in [0, 0.05) is 31.2 Å². The van der Waals surface area contributed by atoms with Crippen LogP contribution in [0.15, 0.2) is 30.3 Å². The van der Waals surface area contributed by atoms with Crippen molar-refractivity contribution >= 4 is 23.3 Å². The number of aryl methyl sites for hydroxylation is 2. The van der Waals surface area contributed by atoms with Gasteiger partial charge in [-0.05, 0) is 37.0 Å². The van der Waals surface area contributed by atoms with Crippen LogP contribution in [-0.2, 0) is 11.8 Å². The fourth-order valence-electron chi connectivity index (χ4n) is 3.20. The summed E-state index contributed by atoms with van der Waals surface area (Å²) in [6.07, 6.45) is 0.811. The summed E-state index contributed by atoms with van der Waals surface area (Å²) in [4.78, 5) is 14.5. The average molecular weight is 347 g/mol. The maximum atomic E-state index is 12.7. The van der Waals surface area contributed by atoms with Gasteiger partial charge in [-0.2, -0.15) is 5.10 Å². The summed E-state index contributed by atoms with van der Waals surface area (Å²) in [5.41, 5.74) is 2.10. The highest BCUT2D eigenvalue weighted by Gasteiger charge is 2.33. The Bertz CT molecular complexity index is 742. The van der Waals surface area contributed by atoms with E-state index in [0.717, 1.165) is 36.0 Å². The Morgan fingerprint density at radius 2 is 2.21 bits per heavy atom. The number of nitrogens with zero attached hydrogens (tertiary/aromatic N) is 3. The molecule has 1 aliphatic rings. The maximum Gasteiger partial charge on any atom is 0.245 e. The van der Waals surface area contributed by atoms with E-state index in [1.54, 1.807) is 4.68 Å². The minimum absolute atomic E-state index is 0.122. The largest absolute Gasteiger partial charge is 0.305 e. The van der Waals surface area contributed by atoms with Gasteiger partial charge in [0.15, 0.2) is 0 Å². The maximum absolute atomic E-state index is 12.7. The monoisotopic (exact) mass is 346 g/mol. The molecule has 1 saturated heterocycles. The number of anilines is 1. The predicted molar refractivity (Wildman–Crippen MR) is 96.6 cm³/mol. The van der Waals surface area contributed by atoms with E-state index >= 15 is 0 Å². The van der Waals surface area contributed by atoms with Crippen LogP contribution in [0.5, 0.6) is 0 Å². The number of hydrogen-bond acceptors (Lipinski definition) is 3. The van der Waals surface area contributed by atoms with Gasteiger partial charge in [0.05, 0.1) is 11.7 Å². The van der Waals surface area contributed by atoms with E-state index in [9.17, 15) is 4.79 Å². The van der Waals surface area contributed by atoms with E-state index in [-0.39, 0.29) is 11.9 Å². The minimum Gasteiger partial charge on any atom is -0.305 e. The normalized spacial score (nSPS) is 19.1. The lowest BCUT2D eigenvalue weighted by molar-refractivity contribution is -0.118. The summed E-state index contributed by atoms with van der Waals surface area (Å²) >= 11 is 6.05. The molecule has 24 heavy (non-hydrogen) atoms. The van der Waals surface area contributed by atoms with Crippen LogP contribution in [0.2, 0.25) is 5.02 Å². The Kier molecular flexibility index (Phi) is 4.92. The molecule has 0 spiro atoms. The Morgan fingerprint density at radius 1 is 1.42 bits per heavy atom. The Balaban J connectivity index is 1.61. The van der Waals surface area contributed by atoms with Crippen LogP contribution in [0.25, 0.3) is 0 Å². The summed E-state index contributed by atoms with van der Waals surface area (Å²) < 4.78 is 1.77. The van der Waals surface area contributed by atoms with Gasteiger partial charge < -0.3 is 5.32 Å². The number of halogens is 1. The van der Waals surface area contributed by atoms with Crippen molar-refractivity contribution in [2.75, 3.05) is 18.0 Å². The average Bonchev–Trinajstić information content (AvgIpc) is 3.06. The lowest BCUT2D eigenvalue weighted by atomic mass is 10.0. The highest BCUT2D eigenvalue weighted by atomic mass is 35.5. The first-order valence-electron chi connectivity index (χ1n) is 8.26. The molecule has 1 amide bonds. The molecule has 1 aliphatic heterocycles. The van der Waals surface area contributed by atoms with Gasteiger partial charge >= 0.3 is 0 Å². The van der Waals surface area contributed by atoms with Crippen molar-refractivity contribution in [3.63, 3.8) is 0 Å². The summed E-state index contributed by atoms with van der Waals surface area (Å²) in [5, 5.41) is 8.48. The number of aromatic nitrogens is 2. The number of hydrogen-bond donors (Lipinski definition) is 1. The molecule has 0 aliphatic carbocycles. The SMILES string of the molecule is Cc1cc(N2CC[C@@H](NC[C@H](C)c3cccc(Cl)c3)C2=O)n(C)n1. The standard InChI is InChI=1S/C18H23ClN4O/c1-12(14-5-4-6-15(19)10-14)11-20-16-7-8-23(18(16)24)17-9-13(2)21-22(17)3/h4-6,9-10,12,16,20H,7-8,11H2,1-3H3/t12-,16+/m0/s1. The molecule has 2 atom stereocenters. The van der Waals surface area contributed by atoms with Crippen molar-refractivity contribution < 1.29 is 4.79 Å². The third-order valence-electron chi connectivity index (χ3n) is 4.55. The van der Waals surface area contributed by atoms with Crippen molar-refractivity contribution in [3.8, 4) is 0 Å². The van der Waals surface area contributed by atoms with Crippen LogP contribution < -0.4 is 10.2 Å². The molecule has 1 aromatic carbocycles. The van der Waals surface area contributed by atoms with Crippen LogP contribution in [0.1, 0.15) is 30.5 Å². The zero-order chi connectivity index (χ0) is 17.3. The number of rotatable bonds is 5. The predicted octanol–water partition coefficient (Wildman–Crippen LogP) is 2.88. The number of amides is 1. The van der Waals surface area contributed by atoms with Crippen molar-refractivity contribution in [2.24, 2.45) is 7.05 Å². The van der Waals surface area contributed by atoms with Crippen molar-refractivity contribution in [1.82, 2.24) is 15.1 Å². The fourth-order valence-corrected chi connectivity index (χ4v) is 3.40. The molecular formula is C18H23ClN4O. The summed E-state index contributed by atoms with van der Waals surface area (Å²) in [6, 6.07) is 9.70. The second-order valence-electron chi connectivity index (χ2n) is 6.46. The molecule has 0 unspecified atom stereocenters. The fraction of sp³-hybridized carbons (Fsp3) is 0.444. The molecule has 1 N–H and O–H groups in total. The quantitative estimate of drug-likeness (QED) is 0.905. The highest BCUT2D eigenvalue weighted by molar-refractivity contribution is 6.30. The van der Waals surface area contributed by atoms with Crippen LogP contribution in [0.3, 0.4) is 0 Å². The van der Waals surface area contributed by atoms with Crippen LogP contribution in [-0.4, -0.2) is 34.8 Å². The van der Waals surface area contributed by atoms with Crippen molar-refractivity contribution in [1.29, 1.82) is 0 Å². The molecule has 1 fully saturated rings. The van der Waals surface area contributed by atoms with Crippen molar-refractivity contribution in [2.45, 2.75) is 32.2 Å². The van der Waals surface area contributed by atoms with Crippen LogP contribution in [0.4, 0.5) is 5.82 Å². The molecule has 128 valence electrons. The Labute approximate surface area is 147 Å². The molecule has 2 heterocycles. The second kappa shape index (κ2) is 6.95. The van der Waals surface area contributed by atoms with Crippen molar-refractivity contribution in [3.05, 3.63) is 46.6 Å². The van der Waals surface area contributed by atoms with Crippen LogP contribution in [0, 0.1) is 6.92 Å². The molecular weight excluding hydrogens is 324 g/mol. The van der Waals surface area contributed by atoms with E-state index in [1.807, 2.05) is 43.1 Å². The Morgan fingerprint density at radius 3 is 2.88 bits per heavy atom. The van der Waals surface area contributed by atoms with E-state index in [4.69, 9.17) is 11.6 Å². The topological polar surface area (TPSA) is 50.2 Å². The second-order valence-corrected chi connectivity index (χ2v) is 6.90. The minimum atomic E-state index is -0.137.